The van der Waals surface area contributed by atoms with Crippen molar-refractivity contribution in [1.82, 2.24) is 4.57 Å². The van der Waals surface area contributed by atoms with Gasteiger partial charge in [-0.1, -0.05) is 194 Å². The standard InChI is InChI=1S/C72H46N2O/c1-4-20-60-49(14-1)34-43-66-65-42-35-52(46-71(65)75-72(60)66)48-30-38-56(39-31-48)73(57-40-32-50(33-41-57)59-19-7-10-25-68(59)74-69-26-11-8-23-63(69)64-24-9-12-27-70(64)74)55-36-28-47(29-37-55)51-16-13-17-53(44-51)67-45-54-15-2-3-18-58(54)61-21-5-6-22-62(61)67/h1-46H. The minimum atomic E-state index is 0.889. The summed E-state index contributed by atoms with van der Waals surface area (Å²) >= 11 is 0. The Morgan fingerprint density at radius 1 is 0.267 bits per heavy atom. The lowest BCUT2D eigenvalue weighted by Gasteiger charge is -2.26. The van der Waals surface area contributed by atoms with Gasteiger partial charge in [-0.25, -0.2) is 0 Å². The molecule has 0 spiro atoms. The molecule has 0 amide bonds. The summed E-state index contributed by atoms with van der Waals surface area (Å²) in [4.78, 5) is 2.36. The van der Waals surface area contributed by atoms with Crippen molar-refractivity contribution in [3.8, 4) is 50.2 Å². The lowest BCUT2D eigenvalue weighted by Crippen LogP contribution is -2.09. The zero-order valence-electron chi connectivity index (χ0n) is 40.9. The van der Waals surface area contributed by atoms with Crippen LogP contribution in [0.25, 0.3) is 126 Å². The number of anilines is 3. The molecule has 75 heavy (non-hydrogen) atoms. The lowest BCUT2D eigenvalue weighted by atomic mass is 9.92. The van der Waals surface area contributed by atoms with Gasteiger partial charge in [0, 0.05) is 49.6 Å². The van der Waals surface area contributed by atoms with E-state index in [2.05, 4.69) is 289 Å². The summed E-state index contributed by atoms with van der Waals surface area (Å²) in [7, 11) is 0. The second-order valence-corrected chi connectivity index (χ2v) is 19.6. The van der Waals surface area contributed by atoms with E-state index in [0.29, 0.717) is 0 Å². The number of hydrogen-bond acceptors (Lipinski definition) is 2. The number of aromatic nitrogens is 1. The Kier molecular flexibility index (Phi) is 9.89. The minimum absolute atomic E-state index is 0.889. The van der Waals surface area contributed by atoms with Gasteiger partial charge in [-0.2, -0.15) is 0 Å². The Balaban J connectivity index is 0.812. The van der Waals surface area contributed by atoms with E-state index in [1.54, 1.807) is 0 Å². The van der Waals surface area contributed by atoms with Gasteiger partial charge in [0.25, 0.3) is 0 Å². The van der Waals surface area contributed by atoms with Crippen LogP contribution >= 0.6 is 0 Å². The number of nitrogens with zero attached hydrogens (tertiary/aromatic N) is 2. The van der Waals surface area contributed by atoms with Crippen molar-refractivity contribution in [2.45, 2.75) is 0 Å². The van der Waals surface area contributed by atoms with Crippen LogP contribution in [0.15, 0.2) is 283 Å². The predicted molar refractivity (Wildman–Crippen MR) is 317 cm³/mol. The molecular formula is C72H46N2O. The Morgan fingerprint density at radius 2 is 0.773 bits per heavy atom. The molecule has 0 unspecified atom stereocenters. The van der Waals surface area contributed by atoms with E-state index in [9.17, 15) is 0 Å². The topological polar surface area (TPSA) is 21.3 Å². The SMILES string of the molecule is c1cc(-c2ccc(N(c3ccc(-c4ccc5c(c4)oc4c6ccccc6ccc54)cc3)c3ccc(-c4ccccc4-n4c5ccccc5c5ccccc54)cc3)cc2)cc(-c2cc3ccccc3c3ccccc23)c1. The molecule has 3 heteroatoms. The Labute approximate surface area is 434 Å². The highest BCUT2D eigenvalue weighted by molar-refractivity contribution is 6.16. The largest absolute Gasteiger partial charge is 0.455 e. The number of para-hydroxylation sites is 3. The summed E-state index contributed by atoms with van der Waals surface area (Å²) in [5.41, 5.74) is 17.9. The highest BCUT2D eigenvalue weighted by Crippen LogP contribution is 2.43. The maximum absolute atomic E-state index is 6.61. The molecule has 350 valence electrons. The first-order chi connectivity index (χ1) is 37.2. The first kappa shape index (κ1) is 42.7. The van der Waals surface area contributed by atoms with Crippen LogP contribution in [-0.4, -0.2) is 4.57 Å². The second-order valence-electron chi connectivity index (χ2n) is 19.6. The first-order valence-electron chi connectivity index (χ1n) is 25.7. The van der Waals surface area contributed by atoms with Crippen molar-refractivity contribution in [2.75, 3.05) is 4.90 Å². The maximum atomic E-state index is 6.61. The van der Waals surface area contributed by atoms with Crippen LogP contribution < -0.4 is 4.90 Å². The average Bonchev–Trinajstić information content (AvgIpc) is 4.04. The summed E-state index contributed by atoms with van der Waals surface area (Å²) in [5.74, 6) is 0. The van der Waals surface area contributed by atoms with Crippen molar-refractivity contribution in [3.63, 3.8) is 0 Å². The Bertz CT molecular complexity index is 4640. The molecule has 2 aromatic heterocycles. The molecule has 0 bridgehead atoms. The smallest absolute Gasteiger partial charge is 0.143 e. The molecule has 0 fully saturated rings. The van der Waals surface area contributed by atoms with Gasteiger partial charge in [0.05, 0.1) is 16.7 Å². The van der Waals surface area contributed by atoms with E-state index in [0.717, 1.165) is 72.3 Å². The summed E-state index contributed by atoms with van der Waals surface area (Å²) in [6.45, 7) is 0. The van der Waals surface area contributed by atoms with Gasteiger partial charge in [-0.3, -0.25) is 0 Å². The zero-order valence-corrected chi connectivity index (χ0v) is 40.9. The number of rotatable bonds is 8. The van der Waals surface area contributed by atoms with E-state index >= 15 is 0 Å². The minimum Gasteiger partial charge on any atom is -0.455 e. The molecule has 15 rings (SSSR count). The van der Waals surface area contributed by atoms with Gasteiger partial charge >= 0.3 is 0 Å². The van der Waals surface area contributed by atoms with Gasteiger partial charge in [0.2, 0.25) is 0 Å². The molecule has 2 heterocycles. The van der Waals surface area contributed by atoms with Crippen LogP contribution in [0.4, 0.5) is 17.1 Å². The second kappa shape index (κ2) is 17.4. The van der Waals surface area contributed by atoms with E-state index in [1.165, 1.54) is 71.0 Å². The van der Waals surface area contributed by atoms with Gasteiger partial charge in [-0.15, -0.1) is 0 Å². The Hall–Kier alpha value is -9.96. The molecule has 13 aromatic carbocycles. The van der Waals surface area contributed by atoms with Gasteiger partial charge in [0.15, 0.2) is 0 Å². The fourth-order valence-electron chi connectivity index (χ4n) is 11.8. The molecule has 0 aliphatic carbocycles. The van der Waals surface area contributed by atoms with Crippen LogP contribution in [0.5, 0.6) is 0 Å². The van der Waals surface area contributed by atoms with Crippen molar-refractivity contribution in [1.29, 1.82) is 0 Å². The average molecular weight is 955 g/mol. The molecular weight excluding hydrogens is 909 g/mol. The molecule has 0 aliphatic heterocycles. The number of benzene rings is 13. The Morgan fingerprint density at radius 3 is 1.47 bits per heavy atom. The lowest BCUT2D eigenvalue weighted by molar-refractivity contribution is 0.673. The third-order valence-electron chi connectivity index (χ3n) is 15.4. The summed E-state index contributed by atoms with van der Waals surface area (Å²) in [5, 5.41) is 12.1. The van der Waals surface area contributed by atoms with Crippen molar-refractivity contribution < 1.29 is 4.42 Å². The highest BCUT2D eigenvalue weighted by atomic mass is 16.3. The highest BCUT2D eigenvalue weighted by Gasteiger charge is 2.19. The summed E-state index contributed by atoms with van der Waals surface area (Å²) in [6.07, 6.45) is 0. The quantitative estimate of drug-likeness (QED) is 0.142. The predicted octanol–water partition coefficient (Wildman–Crippen LogP) is 20.3. The van der Waals surface area contributed by atoms with Crippen LogP contribution in [0.2, 0.25) is 0 Å². The normalized spacial score (nSPS) is 11.7. The summed E-state index contributed by atoms with van der Waals surface area (Å²) in [6, 6.07) is 101. The molecule has 0 saturated heterocycles. The third-order valence-corrected chi connectivity index (χ3v) is 15.4. The van der Waals surface area contributed by atoms with Crippen molar-refractivity contribution >= 4 is 93.1 Å². The van der Waals surface area contributed by atoms with Crippen LogP contribution in [0, 0.1) is 0 Å². The number of hydrogen-bond donors (Lipinski definition) is 0. The zero-order chi connectivity index (χ0) is 49.4. The van der Waals surface area contributed by atoms with Crippen LogP contribution in [-0.2, 0) is 0 Å². The molecule has 0 N–H and O–H groups in total. The van der Waals surface area contributed by atoms with Crippen LogP contribution in [0.3, 0.4) is 0 Å². The van der Waals surface area contributed by atoms with Crippen LogP contribution in [0.1, 0.15) is 0 Å². The fourth-order valence-corrected chi connectivity index (χ4v) is 11.8. The monoisotopic (exact) mass is 954 g/mol. The molecule has 3 nitrogen and oxygen atoms in total. The third kappa shape index (κ3) is 7.12. The van der Waals surface area contributed by atoms with Gasteiger partial charge < -0.3 is 13.9 Å². The number of furan rings is 1. The molecule has 0 radical (unpaired) electrons. The van der Waals surface area contributed by atoms with E-state index in [-0.39, 0.29) is 0 Å². The van der Waals surface area contributed by atoms with Gasteiger partial charge in [0.1, 0.15) is 11.2 Å². The molecule has 0 aliphatic rings. The van der Waals surface area contributed by atoms with E-state index < -0.39 is 0 Å². The van der Waals surface area contributed by atoms with E-state index in [1.807, 2.05) is 0 Å². The molecule has 15 aromatic rings. The molecule has 0 atom stereocenters. The maximum Gasteiger partial charge on any atom is 0.143 e. The van der Waals surface area contributed by atoms with Gasteiger partial charge in [-0.05, 0) is 151 Å². The van der Waals surface area contributed by atoms with E-state index in [4.69, 9.17) is 4.42 Å². The first-order valence-corrected chi connectivity index (χ1v) is 25.7. The van der Waals surface area contributed by atoms with Crippen molar-refractivity contribution in [2.24, 2.45) is 0 Å². The number of fused-ring (bicyclic) bond motifs is 11. The fraction of sp³-hybridized carbons (Fsp3) is 0. The van der Waals surface area contributed by atoms with Crippen molar-refractivity contribution in [3.05, 3.63) is 279 Å². The molecule has 0 saturated carbocycles. The summed E-state index contributed by atoms with van der Waals surface area (Å²) < 4.78 is 9.02.